The van der Waals surface area contributed by atoms with E-state index in [1.807, 2.05) is 30.5 Å². The van der Waals surface area contributed by atoms with Crippen LogP contribution in [-0.2, 0) is 0 Å². The molecule has 3 heterocycles. The van der Waals surface area contributed by atoms with E-state index < -0.39 is 5.91 Å². The topological polar surface area (TPSA) is 117 Å². The highest BCUT2D eigenvalue weighted by atomic mass is 35.5. The number of hydrogen-bond donors (Lipinski definition) is 2. The Morgan fingerprint density at radius 2 is 1.90 bits per heavy atom. The highest BCUT2D eigenvalue weighted by Crippen LogP contribution is 2.30. The van der Waals surface area contributed by atoms with Crippen LogP contribution in [0.4, 0.5) is 11.4 Å². The fourth-order valence-electron chi connectivity index (χ4n) is 3.03. The number of halogens is 2. The molecule has 0 bridgehead atoms. The molecule has 0 spiro atoms. The maximum absolute atomic E-state index is 11.9. The Labute approximate surface area is 187 Å². The van der Waals surface area contributed by atoms with E-state index in [2.05, 4.69) is 25.6 Å². The zero-order valence-electron chi connectivity index (χ0n) is 16.6. The minimum Gasteiger partial charge on any atom is -0.364 e. The van der Waals surface area contributed by atoms with E-state index in [9.17, 15) is 4.79 Å². The van der Waals surface area contributed by atoms with Crippen LogP contribution in [0.1, 0.15) is 30.4 Å². The number of nitrogens with one attached hydrogen (secondary N) is 1. The molecule has 0 aliphatic carbocycles. The summed E-state index contributed by atoms with van der Waals surface area (Å²) < 4.78 is 3.35. The summed E-state index contributed by atoms with van der Waals surface area (Å²) in [6.07, 6.45) is 4.89. The summed E-state index contributed by atoms with van der Waals surface area (Å²) in [7, 11) is 0. The summed E-state index contributed by atoms with van der Waals surface area (Å²) in [5, 5.41) is 16.2. The molecule has 0 saturated heterocycles. The van der Waals surface area contributed by atoms with Crippen molar-refractivity contribution < 1.29 is 4.79 Å². The van der Waals surface area contributed by atoms with E-state index in [1.54, 1.807) is 36.9 Å². The smallest absolute Gasteiger partial charge is 0.271 e. The zero-order chi connectivity index (χ0) is 22.1. The van der Waals surface area contributed by atoms with Crippen molar-refractivity contribution in [2.45, 2.75) is 19.9 Å². The molecule has 158 valence electrons. The molecule has 0 aliphatic rings. The first-order chi connectivity index (χ1) is 14.8. The van der Waals surface area contributed by atoms with E-state index in [4.69, 9.17) is 28.9 Å². The number of anilines is 2. The number of nitrogens with two attached hydrogens (primary N) is 1. The Kier molecular flexibility index (Phi) is 5.62. The van der Waals surface area contributed by atoms with Crippen LogP contribution in [-0.4, -0.2) is 35.4 Å². The van der Waals surface area contributed by atoms with Crippen molar-refractivity contribution in [3.8, 4) is 17.2 Å². The third-order valence-corrected chi connectivity index (χ3v) is 5.13. The second-order valence-electron chi connectivity index (χ2n) is 6.98. The maximum Gasteiger partial charge on any atom is 0.271 e. The van der Waals surface area contributed by atoms with Gasteiger partial charge in [0.1, 0.15) is 17.7 Å². The van der Waals surface area contributed by atoms with Crippen LogP contribution < -0.4 is 11.1 Å². The first-order valence-electron chi connectivity index (χ1n) is 9.32. The molecular formula is C20H18Cl2N8O. The van der Waals surface area contributed by atoms with Gasteiger partial charge in [-0.25, -0.2) is 4.68 Å². The third-order valence-electron chi connectivity index (χ3n) is 4.52. The largest absolute Gasteiger partial charge is 0.364 e. The molecule has 1 aromatic carbocycles. The maximum atomic E-state index is 11.9. The van der Waals surface area contributed by atoms with Crippen LogP contribution in [0.3, 0.4) is 0 Å². The van der Waals surface area contributed by atoms with Gasteiger partial charge in [0.25, 0.3) is 5.91 Å². The molecule has 3 aromatic heterocycles. The molecule has 1 amide bonds. The summed E-state index contributed by atoms with van der Waals surface area (Å²) in [6.45, 7) is 4.08. The van der Waals surface area contributed by atoms with Crippen LogP contribution in [0, 0.1) is 0 Å². The minimum absolute atomic E-state index is 0.0413. The number of aromatic nitrogens is 6. The number of primary amides is 1. The summed E-state index contributed by atoms with van der Waals surface area (Å²) in [6, 6.07) is 8.90. The van der Waals surface area contributed by atoms with Crippen LogP contribution in [0.2, 0.25) is 10.0 Å². The van der Waals surface area contributed by atoms with E-state index in [-0.39, 0.29) is 11.7 Å². The van der Waals surface area contributed by atoms with Gasteiger partial charge in [-0.2, -0.15) is 5.10 Å². The third kappa shape index (κ3) is 4.10. The number of hydrogen-bond acceptors (Lipinski definition) is 6. The lowest BCUT2D eigenvalue weighted by Crippen LogP contribution is -2.14. The molecule has 4 aromatic rings. The lowest BCUT2D eigenvalue weighted by molar-refractivity contribution is 0.0996. The quantitative estimate of drug-likeness (QED) is 0.447. The summed E-state index contributed by atoms with van der Waals surface area (Å²) in [5.41, 5.74) is 7.70. The molecule has 9 nitrogen and oxygen atoms in total. The Morgan fingerprint density at radius 3 is 2.52 bits per heavy atom. The SMILES string of the molecule is CC(C)n1cnnc1-c1ccc(Nc2cn(-c3c(Cl)cccc3Cl)nc2C(N)=O)cn1. The van der Waals surface area contributed by atoms with Crippen molar-refractivity contribution >= 4 is 40.5 Å². The van der Waals surface area contributed by atoms with Gasteiger partial charge in [-0.3, -0.25) is 9.78 Å². The molecule has 0 saturated carbocycles. The van der Waals surface area contributed by atoms with Gasteiger partial charge in [0.2, 0.25) is 0 Å². The van der Waals surface area contributed by atoms with Crippen molar-refractivity contribution in [3.63, 3.8) is 0 Å². The van der Waals surface area contributed by atoms with Crippen molar-refractivity contribution in [2.75, 3.05) is 5.32 Å². The van der Waals surface area contributed by atoms with Crippen LogP contribution in [0.25, 0.3) is 17.2 Å². The fourth-order valence-corrected chi connectivity index (χ4v) is 3.60. The summed E-state index contributed by atoms with van der Waals surface area (Å²) in [4.78, 5) is 16.4. The number of pyridine rings is 1. The van der Waals surface area contributed by atoms with E-state index in [0.29, 0.717) is 38.6 Å². The van der Waals surface area contributed by atoms with Crippen LogP contribution in [0.15, 0.2) is 49.1 Å². The van der Waals surface area contributed by atoms with Crippen LogP contribution in [0.5, 0.6) is 0 Å². The number of nitrogens with zero attached hydrogens (tertiary/aromatic N) is 6. The molecule has 0 atom stereocenters. The van der Waals surface area contributed by atoms with Crippen molar-refractivity contribution in [3.05, 3.63) is 64.8 Å². The molecule has 3 N–H and O–H groups in total. The molecule has 0 unspecified atom stereocenters. The van der Waals surface area contributed by atoms with Gasteiger partial charge in [-0.15, -0.1) is 10.2 Å². The van der Waals surface area contributed by atoms with Gasteiger partial charge < -0.3 is 15.6 Å². The minimum atomic E-state index is -0.695. The average Bonchev–Trinajstić information content (AvgIpc) is 3.36. The normalized spacial score (nSPS) is 11.1. The molecule has 31 heavy (non-hydrogen) atoms. The Morgan fingerprint density at radius 1 is 1.16 bits per heavy atom. The van der Waals surface area contributed by atoms with Crippen molar-refractivity contribution in [1.29, 1.82) is 0 Å². The Bertz CT molecular complexity index is 1230. The van der Waals surface area contributed by atoms with Gasteiger partial charge in [-0.1, -0.05) is 29.3 Å². The second-order valence-corrected chi connectivity index (χ2v) is 7.80. The monoisotopic (exact) mass is 456 g/mol. The number of rotatable bonds is 6. The first-order valence-corrected chi connectivity index (χ1v) is 10.1. The highest BCUT2D eigenvalue weighted by Gasteiger charge is 2.18. The van der Waals surface area contributed by atoms with Crippen molar-refractivity contribution in [2.24, 2.45) is 5.73 Å². The molecule has 0 aliphatic heterocycles. The van der Waals surface area contributed by atoms with E-state index in [1.165, 1.54) is 4.68 Å². The molecule has 0 fully saturated rings. The predicted molar refractivity (Wildman–Crippen MR) is 119 cm³/mol. The zero-order valence-corrected chi connectivity index (χ0v) is 18.1. The van der Waals surface area contributed by atoms with Gasteiger partial charge >= 0.3 is 0 Å². The number of benzene rings is 1. The lowest BCUT2D eigenvalue weighted by atomic mass is 10.2. The van der Waals surface area contributed by atoms with E-state index >= 15 is 0 Å². The second kappa shape index (κ2) is 8.37. The van der Waals surface area contributed by atoms with Gasteiger partial charge in [0, 0.05) is 6.04 Å². The van der Waals surface area contributed by atoms with E-state index in [0.717, 1.165) is 0 Å². The van der Waals surface area contributed by atoms with Gasteiger partial charge in [-0.05, 0) is 38.1 Å². The lowest BCUT2D eigenvalue weighted by Gasteiger charge is -2.10. The standard InChI is InChI=1S/C20H18Cl2N8O/c1-11(2)29-10-25-27-20(29)15-7-6-12(8-24-15)26-16-9-30(28-17(16)19(23)31)18-13(21)4-3-5-14(18)22/h3-11,26H,1-2H3,(H2,23,31). The number of para-hydroxylation sites is 1. The molecular weight excluding hydrogens is 439 g/mol. The predicted octanol–water partition coefficient (Wildman–Crippen LogP) is 4.26. The fraction of sp³-hybridized carbons (Fsp3) is 0.150. The van der Waals surface area contributed by atoms with Gasteiger partial charge in [0.15, 0.2) is 11.5 Å². The van der Waals surface area contributed by atoms with Gasteiger partial charge in [0.05, 0.1) is 33.8 Å². The molecule has 11 heteroatoms. The molecule has 0 radical (unpaired) electrons. The number of carbonyl (C=O) groups is 1. The molecule has 4 rings (SSSR count). The Balaban J connectivity index is 1.66. The first kappa shape index (κ1) is 20.8. The number of amides is 1. The van der Waals surface area contributed by atoms with Crippen molar-refractivity contribution in [1.82, 2.24) is 29.5 Å². The average molecular weight is 457 g/mol. The van der Waals surface area contributed by atoms with Crippen LogP contribution >= 0.6 is 23.2 Å². The summed E-state index contributed by atoms with van der Waals surface area (Å²) in [5.74, 6) is -0.0282. The summed E-state index contributed by atoms with van der Waals surface area (Å²) >= 11 is 12.5. The Hall–Kier alpha value is -3.43. The highest BCUT2D eigenvalue weighted by molar-refractivity contribution is 6.37. The number of carbonyl (C=O) groups excluding carboxylic acids is 1.